The van der Waals surface area contributed by atoms with Crippen LogP contribution in [-0.2, 0) is 20.7 Å². The molecule has 0 unspecified atom stereocenters. The largest absolute Gasteiger partial charge is 0.493 e. The molecule has 7 heteroatoms. The molecule has 0 bridgehead atoms. The van der Waals surface area contributed by atoms with Crippen LogP contribution < -0.4 is 14.2 Å². The van der Waals surface area contributed by atoms with Crippen molar-refractivity contribution >= 4 is 23.8 Å². The third kappa shape index (κ3) is 8.20. The van der Waals surface area contributed by atoms with Crippen molar-refractivity contribution in [3.8, 4) is 17.2 Å². The van der Waals surface area contributed by atoms with Crippen molar-refractivity contribution in [2.75, 3.05) is 7.11 Å². The Morgan fingerprint density at radius 2 is 1.39 bits per heavy atom. The molecule has 2 rings (SSSR count). The molecule has 0 aromatic heterocycles. The van der Waals surface area contributed by atoms with Gasteiger partial charge in [0.25, 0.3) is 0 Å². The number of carbonyl (C=O) groups excluding carboxylic acids is 3. The van der Waals surface area contributed by atoms with Crippen molar-refractivity contribution in [3.63, 3.8) is 0 Å². The van der Waals surface area contributed by atoms with Gasteiger partial charge in [-0.2, -0.15) is 0 Å². The lowest BCUT2D eigenvalue weighted by Crippen LogP contribution is -2.26. The van der Waals surface area contributed by atoms with Crippen LogP contribution in [0.1, 0.15) is 83.8 Å². The molecule has 0 aliphatic rings. The van der Waals surface area contributed by atoms with Crippen molar-refractivity contribution in [1.29, 1.82) is 0 Å². The van der Waals surface area contributed by atoms with Crippen molar-refractivity contribution < 1.29 is 33.3 Å². The first-order valence-electron chi connectivity index (χ1n) is 12.7. The highest BCUT2D eigenvalue weighted by atomic mass is 16.5. The molecule has 0 saturated carbocycles. The van der Waals surface area contributed by atoms with Crippen LogP contribution in [-0.4, -0.2) is 30.9 Å². The number of hydrogen-bond acceptors (Lipinski definition) is 7. The Morgan fingerprint density at radius 3 is 1.87 bits per heavy atom. The normalized spacial score (nSPS) is 12.2. The maximum absolute atomic E-state index is 13.3. The molecule has 7 nitrogen and oxygen atoms in total. The first-order valence-corrected chi connectivity index (χ1v) is 12.7. The Kier molecular flexibility index (Phi) is 9.90. The van der Waals surface area contributed by atoms with Gasteiger partial charge in [0.15, 0.2) is 5.76 Å². The fourth-order valence-corrected chi connectivity index (χ4v) is 3.15. The lowest BCUT2D eigenvalue weighted by molar-refractivity contribution is -0.143. The van der Waals surface area contributed by atoms with E-state index in [0.717, 1.165) is 5.56 Å². The second kappa shape index (κ2) is 12.3. The third-order valence-corrected chi connectivity index (χ3v) is 5.42. The van der Waals surface area contributed by atoms with Gasteiger partial charge in [-0.15, -0.1) is 0 Å². The zero-order chi connectivity index (χ0) is 28.8. The monoisotopic (exact) mass is 524 g/mol. The van der Waals surface area contributed by atoms with Crippen molar-refractivity contribution in [1.82, 2.24) is 0 Å². The number of ketones is 1. The lowest BCUT2D eigenvalue weighted by atomic mass is 9.97. The summed E-state index contributed by atoms with van der Waals surface area (Å²) in [6.45, 7) is 16.4. The Hall–Kier alpha value is -3.61. The second-order valence-corrected chi connectivity index (χ2v) is 11.4. The molecule has 38 heavy (non-hydrogen) atoms. The van der Waals surface area contributed by atoms with Gasteiger partial charge in [-0.3, -0.25) is 14.4 Å². The molecule has 0 aliphatic heterocycles. The summed E-state index contributed by atoms with van der Waals surface area (Å²) in [5.74, 6) is 0.264. The number of carbonyl (C=O) groups is 3. The molecule has 0 amide bonds. The van der Waals surface area contributed by atoms with Gasteiger partial charge in [-0.25, -0.2) is 0 Å². The number of ether oxygens (including phenoxy) is 4. The van der Waals surface area contributed by atoms with Crippen LogP contribution in [0, 0.1) is 10.8 Å². The summed E-state index contributed by atoms with van der Waals surface area (Å²) in [6.07, 6.45) is 2.05. The van der Waals surface area contributed by atoms with E-state index >= 15 is 0 Å². The molecule has 0 fully saturated rings. The van der Waals surface area contributed by atoms with Gasteiger partial charge in [-0.1, -0.05) is 6.92 Å². The topological polar surface area (TPSA) is 88.1 Å². The highest BCUT2D eigenvalue weighted by Crippen LogP contribution is 2.34. The minimum atomic E-state index is -0.668. The summed E-state index contributed by atoms with van der Waals surface area (Å²) in [6, 6.07) is 9.84. The summed E-state index contributed by atoms with van der Waals surface area (Å²) < 4.78 is 22.6. The van der Waals surface area contributed by atoms with Crippen LogP contribution in [0.3, 0.4) is 0 Å². The molecule has 0 aliphatic carbocycles. The fourth-order valence-electron chi connectivity index (χ4n) is 3.15. The van der Waals surface area contributed by atoms with Crippen molar-refractivity contribution in [2.24, 2.45) is 10.8 Å². The van der Waals surface area contributed by atoms with Gasteiger partial charge in [0.1, 0.15) is 17.2 Å². The maximum atomic E-state index is 13.3. The van der Waals surface area contributed by atoms with Gasteiger partial charge in [0.2, 0.25) is 5.78 Å². The number of aryl methyl sites for hydroxylation is 1. The first kappa shape index (κ1) is 30.6. The Balaban J connectivity index is 2.45. The number of methoxy groups -OCH3 is 1. The molecule has 0 N–H and O–H groups in total. The fraction of sp³-hybridized carbons (Fsp3) is 0.452. The summed E-state index contributed by atoms with van der Waals surface area (Å²) in [5.41, 5.74) is 0.462. The molecule has 206 valence electrons. The van der Waals surface area contributed by atoms with E-state index in [1.54, 1.807) is 78.0 Å². The number of benzene rings is 2. The quantitative estimate of drug-likeness (QED) is 0.117. The van der Waals surface area contributed by atoms with E-state index < -0.39 is 10.8 Å². The predicted molar refractivity (Wildman–Crippen MR) is 148 cm³/mol. The van der Waals surface area contributed by atoms with Crippen LogP contribution in [0.4, 0.5) is 0 Å². The number of esters is 2. The zero-order valence-electron chi connectivity index (χ0n) is 24.2. The average Bonchev–Trinajstić information content (AvgIpc) is 2.82. The number of allylic oxidation sites excluding steroid dienone is 1. The molecule has 0 atom stereocenters. The summed E-state index contributed by atoms with van der Waals surface area (Å²) in [4.78, 5) is 38.0. The molecular formula is C31H40O7. The van der Waals surface area contributed by atoms with E-state index in [2.05, 4.69) is 0 Å². The third-order valence-electron chi connectivity index (χ3n) is 5.42. The number of hydrogen-bond donors (Lipinski definition) is 0. The van der Waals surface area contributed by atoms with Gasteiger partial charge in [0.05, 0.1) is 24.0 Å². The second-order valence-electron chi connectivity index (χ2n) is 11.4. The Morgan fingerprint density at radius 1 is 0.842 bits per heavy atom. The van der Waals surface area contributed by atoms with E-state index in [0.29, 0.717) is 34.8 Å². The van der Waals surface area contributed by atoms with E-state index in [-0.39, 0.29) is 29.6 Å². The Labute approximate surface area is 226 Å². The van der Waals surface area contributed by atoms with Gasteiger partial charge in [0, 0.05) is 17.2 Å². The number of rotatable bonds is 9. The van der Waals surface area contributed by atoms with Gasteiger partial charge in [-0.05, 0) is 104 Å². The molecule has 0 spiro atoms. The average molecular weight is 525 g/mol. The number of Topliss-reactive ketones (excluding diaryl/α,β-unsaturated/α-hetero) is 1. The molecule has 2 aromatic carbocycles. The van der Waals surface area contributed by atoms with Crippen LogP contribution in [0.15, 0.2) is 42.2 Å². The molecular weight excluding hydrogens is 484 g/mol. The smallest absolute Gasteiger partial charge is 0.316 e. The lowest BCUT2D eigenvalue weighted by Gasteiger charge is -2.20. The molecule has 0 saturated heterocycles. The highest BCUT2D eigenvalue weighted by Gasteiger charge is 2.26. The molecule has 0 radical (unpaired) electrons. The van der Waals surface area contributed by atoms with Crippen LogP contribution in [0.25, 0.3) is 6.08 Å². The van der Waals surface area contributed by atoms with Crippen LogP contribution >= 0.6 is 0 Å². The van der Waals surface area contributed by atoms with Crippen molar-refractivity contribution in [3.05, 3.63) is 58.8 Å². The minimum absolute atomic E-state index is 0.0968. The van der Waals surface area contributed by atoms with Crippen LogP contribution in [0.2, 0.25) is 0 Å². The van der Waals surface area contributed by atoms with Gasteiger partial charge >= 0.3 is 11.9 Å². The standard InChI is InChI=1S/C31H40O7/c1-11-20-16-22(25(36-19(2)3)18-24(20)38-29(34)31(7,8)9)17-26(35-10)27(32)21-12-14-23(15-13-21)37-28(33)30(4,5)6/h12-19H,11H2,1-10H3. The van der Waals surface area contributed by atoms with Gasteiger partial charge < -0.3 is 18.9 Å². The van der Waals surface area contributed by atoms with E-state index in [1.165, 1.54) is 7.11 Å². The highest BCUT2D eigenvalue weighted by molar-refractivity contribution is 6.10. The summed E-state index contributed by atoms with van der Waals surface area (Å²) >= 11 is 0. The SMILES string of the molecule is CCc1cc(C=C(OC)C(=O)c2ccc(OC(=O)C(C)(C)C)cc2)c(OC(C)C)cc1OC(=O)C(C)(C)C. The van der Waals surface area contributed by atoms with E-state index in [4.69, 9.17) is 18.9 Å². The van der Waals surface area contributed by atoms with Crippen molar-refractivity contribution in [2.45, 2.75) is 74.8 Å². The molecule has 2 aromatic rings. The molecule has 0 heterocycles. The zero-order valence-corrected chi connectivity index (χ0v) is 24.2. The van der Waals surface area contributed by atoms with E-state index in [9.17, 15) is 14.4 Å². The van der Waals surface area contributed by atoms with E-state index in [1.807, 2.05) is 26.8 Å². The Bertz CT molecular complexity index is 1190. The predicted octanol–water partition coefficient (Wildman–Crippen LogP) is 6.81. The minimum Gasteiger partial charge on any atom is -0.493 e. The maximum Gasteiger partial charge on any atom is 0.316 e. The van der Waals surface area contributed by atoms with Crippen LogP contribution in [0.5, 0.6) is 17.2 Å². The summed E-state index contributed by atoms with van der Waals surface area (Å²) in [5, 5.41) is 0. The summed E-state index contributed by atoms with van der Waals surface area (Å²) in [7, 11) is 1.42. The first-order chi connectivity index (χ1) is 17.6.